The molecule has 148 valence electrons. The zero-order valence-electron chi connectivity index (χ0n) is 15.9. The number of nitrogens with zero attached hydrogens (tertiary/aromatic N) is 2. The van der Waals surface area contributed by atoms with Crippen LogP contribution in [0.3, 0.4) is 0 Å². The monoisotopic (exact) mass is 401 g/mol. The van der Waals surface area contributed by atoms with Gasteiger partial charge in [-0.25, -0.2) is 4.39 Å². The highest BCUT2D eigenvalue weighted by Gasteiger charge is 2.22. The molecule has 0 unspecified atom stereocenters. The van der Waals surface area contributed by atoms with Gasteiger partial charge < -0.3 is 10.2 Å². The van der Waals surface area contributed by atoms with Crippen molar-refractivity contribution in [2.45, 2.75) is 11.8 Å². The number of aryl methyl sites for hydroxylation is 1. The molecule has 0 atom stereocenters. The quantitative estimate of drug-likeness (QED) is 0.756. The van der Waals surface area contributed by atoms with E-state index in [1.807, 2.05) is 41.0 Å². The van der Waals surface area contributed by atoms with Gasteiger partial charge in [0, 0.05) is 36.8 Å². The van der Waals surface area contributed by atoms with Crippen LogP contribution in [-0.4, -0.2) is 60.1 Å². The molecule has 0 saturated carbocycles. The molecule has 0 bridgehead atoms. The number of piperazine rings is 1. The van der Waals surface area contributed by atoms with Crippen molar-refractivity contribution in [2.75, 3.05) is 43.8 Å². The SMILES string of the molecule is Cc1ccccc1SCC(=O)N1CCN(CC(=O)Nc2cccc(F)c2)CC1. The normalized spacial score (nSPS) is 14.7. The molecule has 2 aromatic rings. The Hall–Kier alpha value is -2.38. The molecule has 28 heavy (non-hydrogen) atoms. The van der Waals surface area contributed by atoms with Crippen LogP contribution >= 0.6 is 11.8 Å². The predicted molar refractivity (Wildman–Crippen MR) is 110 cm³/mol. The number of rotatable bonds is 6. The molecule has 1 saturated heterocycles. The van der Waals surface area contributed by atoms with Crippen molar-refractivity contribution in [3.05, 3.63) is 59.9 Å². The van der Waals surface area contributed by atoms with Gasteiger partial charge in [-0.05, 0) is 36.8 Å². The van der Waals surface area contributed by atoms with Gasteiger partial charge in [0.15, 0.2) is 0 Å². The summed E-state index contributed by atoms with van der Waals surface area (Å²) in [4.78, 5) is 29.6. The van der Waals surface area contributed by atoms with Gasteiger partial charge in [-0.3, -0.25) is 14.5 Å². The summed E-state index contributed by atoms with van der Waals surface area (Å²) in [5, 5.41) is 2.70. The lowest BCUT2D eigenvalue weighted by molar-refractivity contribution is -0.130. The van der Waals surface area contributed by atoms with Gasteiger partial charge in [0.25, 0.3) is 0 Å². The van der Waals surface area contributed by atoms with Gasteiger partial charge in [0.2, 0.25) is 11.8 Å². The third-order valence-electron chi connectivity index (χ3n) is 4.65. The molecule has 7 heteroatoms. The number of anilines is 1. The van der Waals surface area contributed by atoms with Crippen LogP contribution in [0.4, 0.5) is 10.1 Å². The fraction of sp³-hybridized carbons (Fsp3) is 0.333. The van der Waals surface area contributed by atoms with E-state index in [1.54, 1.807) is 23.9 Å². The first-order valence-electron chi connectivity index (χ1n) is 9.25. The molecule has 1 aliphatic rings. The number of halogens is 1. The molecule has 0 aromatic heterocycles. The smallest absolute Gasteiger partial charge is 0.238 e. The Morgan fingerprint density at radius 2 is 1.82 bits per heavy atom. The number of thioether (sulfide) groups is 1. The second-order valence-corrected chi connectivity index (χ2v) is 7.79. The molecule has 1 heterocycles. The minimum absolute atomic E-state index is 0.122. The Morgan fingerprint density at radius 3 is 2.54 bits per heavy atom. The lowest BCUT2D eigenvalue weighted by Crippen LogP contribution is -2.50. The van der Waals surface area contributed by atoms with E-state index in [1.165, 1.54) is 17.7 Å². The Kier molecular flexibility index (Phi) is 7.06. The van der Waals surface area contributed by atoms with E-state index in [4.69, 9.17) is 0 Å². The van der Waals surface area contributed by atoms with Crippen LogP contribution in [-0.2, 0) is 9.59 Å². The Balaban J connectivity index is 1.40. The average molecular weight is 402 g/mol. The Labute approximate surface area is 168 Å². The van der Waals surface area contributed by atoms with E-state index in [9.17, 15) is 14.0 Å². The molecule has 1 fully saturated rings. The maximum Gasteiger partial charge on any atom is 0.238 e. The summed E-state index contributed by atoms with van der Waals surface area (Å²) < 4.78 is 13.2. The summed E-state index contributed by atoms with van der Waals surface area (Å²) >= 11 is 1.56. The van der Waals surface area contributed by atoms with Crippen molar-refractivity contribution in [3.8, 4) is 0 Å². The third kappa shape index (κ3) is 5.81. The molecule has 0 aliphatic carbocycles. The highest BCUT2D eigenvalue weighted by molar-refractivity contribution is 8.00. The van der Waals surface area contributed by atoms with E-state index in [0.717, 1.165) is 4.90 Å². The predicted octanol–water partition coefficient (Wildman–Crippen LogP) is 3.01. The summed E-state index contributed by atoms with van der Waals surface area (Å²) in [5.41, 5.74) is 1.63. The molecule has 0 radical (unpaired) electrons. The first-order chi connectivity index (χ1) is 13.5. The molecule has 1 N–H and O–H groups in total. The molecular weight excluding hydrogens is 377 g/mol. The minimum atomic E-state index is -0.381. The van der Waals surface area contributed by atoms with Crippen LogP contribution in [0.25, 0.3) is 0 Å². The van der Waals surface area contributed by atoms with Crippen molar-refractivity contribution in [1.29, 1.82) is 0 Å². The van der Waals surface area contributed by atoms with Crippen LogP contribution < -0.4 is 5.32 Å². The van der Waals surface area contributed by atoms with Crippen LogP contribution in [0.2, 0.25) is 0 Å². The fourth-order valence-electron chi connectivity index (χ4n) is 3.07. The Bertz CT molecular complexity index is 838. The summed E-state index contributed by atoms with van der Waals surface area (Å²) in [6, 6.07) is 13.9. The van der Waals surface area contributed by atoms with Crippen LogP contribution in [0.1, 0.15) is 5.56 Å². The lowest BCUT2D eigenvalue weighted by atomic mass is 10.2. The molecule has 3 rings (SSSR count). The molecule has 2 amide bonds. The topological polar surface area (TPSA) is 52.7 Å². The maximum absolute atomic E-state index is 13.2. The molecule has 2 aromatic carbocycles. The van der Waals surface area contributed by atoms with Gasteiger partial charge in [0.05, 0.1) is 12.3 Å². The highest BCUT2D eigenvalue weighted by atomic mass is 32.2. The van der Waals surface area contributed by atoms with E-state index >= 15 is 0 Å². The van der Waals surface area contributed by atoms with E-state index < -0.39 is 0 Å². The van der Waals surface area contributed by atoms with Crippen LogP contribution in [0.5, 0.6) is 0 Å². The summed E-state index contributed by atoms with van der Waals surface area (Å²) in [5.74, 6) is -0.0173. The number of carbonyl (C=O) groups excluding carboxylic acids is 2. The summed E-state index contributed by atoms with van der Waals surface area (Å²) in [7, 11) is 0. The minimum Gasteiger partial charge on any atom is -0.339 e. The zero-order valence-corrected chi connectivity index (χ0v) is 16.7. The number of amides is 2. The Morgan fingerprint density at radius 1 is 1.07 bits per heavy atom. The number of benzene rings is 2. The lowest BCUT2D eigenvalue weighted by Gasteiger charge is -2.34. The molecule has 5 nitrogen and oxygen atoms in total. The van der Waals surface area contributed by atoms with Crippen molar-refractivity contribution in [2.24, 2.45) is 0 Å². The van der Waals surface area contributed by atoms with Gasteiger partial charge in [-0.2, -0.15) is 0 Å². The first kappa shape index (κ1) is 20.4. The van der Waals surface area contributed by atoms with Crippen molar-refractivity contribution < 1.29 is 14.0 Å². The molecular formula is C21H24FN3O2S. The number of hydrogen-bond acceptors (Lipinski definition) is 4. The first-order valence-corrected chi connectivity index (χ1v) is 10.2. The van der Waals surface area contributed by atoms with Crippen molar-refractivity contribution >= 4 is 29.3 Å². The maximum atomic E-state index is 13.2. The fourth-order valence-corrected chi connectivity index (χ4v) is 4.01. The third-order valence-corrected chi connectivity index (χ3v) is 5.81. The van der Waals surface area contributed by atoms with Crippen molar-refractivity contribution in [1.82, 2.24) is 9.80 Å². The molecule has 1 aliphatic heterocycles. The van der Waals surface area contributed by atoms with Gasteiger partial charge >= 0.3 is 0 Å². The second kappa shape index (κ2) is 9.71. The van der Waals surface area contributed by atoms with E-state index in [0.29, 0.717) is 37.6 Å². The average Bonchev–Trinajstić information content (AvgIpc) is 2.67. The van der Waals surface area contributed by atoms with E-state index in [-0.39, 0.29) is 24.2 Å². The van der Waals surface area contributed by atoms with Crippen molar-refractivity contribution in [3.63, 3.8) is 0 Å². The van der Waals surface area contributed by atoms with Gasteiger partial charge in [-0.15, -0.1) is 11.8 Å². The van der Waals surface area contributed by atoms with Gasteiger partial charge in [0.1, 0.15) is 5.82 Å². The zero-order chi connectivity index (χ0) is 19.9. The second-order valence-electron chi connectivity index (χ2n) is 6.77. The largest absolute Gasteiger partial charge is 0.339 e. The highest BCUT2D eigenvalue weighted by Crippen LogP contribution is 2.22. The van der Waals surface area contributed by atoms with Gasteiger partial charge in [-0.1, -0.05) is 24.3 Å². The van der Waals surface area contributed by atoms with E-state index in [2.05, 4.69) is 5.32 Å². The summed E-state index contributed by atoms with van der Waals surface area (Å²) in [6.45, 7) is 4.80. The number of nitrogens with one attached hydrogen (secondary N) is 1. The summed E-state index contributed by atoms with van der Waals surface area (Å²) in [6.07, 6.45) is 0. The molecule has 0 spiro atoms. The number of carbonyl (C=O) groups is 2. The van der Waals surface area contributed by atoms with Crippen LogP contribution in [0.15, 0.2) is 53.4 Å². The standard InChI is InChI=1S/C21H24FN3O2S/c1-16-5-2-3-8-19(16)28-15-21(27)25-11-9-24(10-12-25)14-20(26)23-18-7-4-6-17(22)13-18/h2-8,13H,9-12,14-15H2,1H3,(H,23,26). The number of hydrogen-bond donors (Lipinski definition) is 1. The van der Waals surface area contributed by atoms with Crippen LogP contribution in [0, 0.1) is 12.7 Å².